The highest BCUT2D eigenvalue weighted by atomic mass is 32.2. The topological polar surface area (TPSA) is 83.6 Å². The van der Waals surface area contributed by atoms with E-state index in [9.17, 15) is 9.59 Å². The summed E-state index contributed by atoms with van der Waals surface area (Å²) in [6, 6.07) is 7.86. The lowest BCUT2D eigenvalue weighted by Crippen LogP contribution is -2.38. The van der Waals surface area contributed by atoms with E-state index in [1.54, 1.807) is 13.1 Å². The van der Waals surface area contributed by atoms with Gasteiger partial charge in [-0.15, -0.1) is 11.8 Å². The Bertz CT molecular complexity index is 913. The number of carbonyl (C=O) groups excluding carboxylic acids is 2. The number of thiazole rings is 1. The number of rotatable bonds is 11. The molecule has 180 valence electrons. The number of hydrogen-bond donors (Lipinski definition) is 2. The molecule has 7 nitrogen and oxygen atoms in total. The third-order valence-corrected chi connectivity index (χ3v) is 7.45. The highest BCUT2D eigenvalue weighted by Crippen LogP contribution is 2.31. The van der Waals surface area contributed by atoms with Crippen LogP contribution in [0.2, 0.25) is 0 Å². The predicted molar refractivity (Wildman–Crippen MR) is 138 cm³/mol. The van der Waals surface area contributed by atoms with Gasteiger partial charge in [-0.3, -0.25) is 15.0 Å². The second kappa shape index (κ2) is 12.8. The van der Waals surface area contributed by atoms with Crippen molar-refractivity contribution < 1.29 is 14.3 Å². The summed E-state index contributed by atoms with van der Waals surface area (Å²) in [6.45, 7) is 8.07. The maximum atomic E-state index is 13.3. The highest BCUT2D eigenvalue weighted by molar-refractivity contribution is 8.01. The largest absolute Gasteiger partial charge is 0.465 e. The molecular weight excluding hydrogens is 456 g/mol. The zero-order valence-corrected chi connectivity index (χ0v) is 21.3. The first-order valence-corrected chi connectivity index (χ1v) is 13.4. The highest BCUT2D eigenvalue weighted by Gasteiger charge is 2.24. The van der Waals surface area contributed by atoms with Crippen LogP contribution in [0.3, 0.4) is 0 Å². The summed E-state index contributed by atoms with van der Waals surface area (Å²) in [7, 11) is 0. The van der Waals surface area contributed by atoms with Crippen LogP contribution in [-0.2, 0) is 9.53 Å². The van der Waals surface area contributed by atoms with Crippen molar-refractivity contribution in [2.24, 2.45) is 11.8 Å². The number of carbonyl (C=O) groups is 2. The van der Waals surface area contributed by atoms with Gasteiger partial charge in [0.2, 0.25) is 0 Å². The van der Waals surface area contributed by atoms with E-state index < -0.39 is 0 Å². The summed E-state index contributed by atoms with van der Waals surface area (Å²) in [5.74, 6) is 1.02. The minimum atomic E-state index is -0.254. The Morgan fingerprint density at radius 2 is 2.09 bits per heavy atom. The second-order valence-electron chi connectivity index (χ2n) is 8.59. The molecule has 33 heavy (non-hydrogen) atoms. The number of ether oxygens (including phenoxy) is 1. The minimum Gasteiger partial charge on any atom is -0.465 e. The van der Waals surface area contributed by atoms with Crippen LogP contribution in [0.15, 0.2) is 34.7 Å². The number of amides is 2. The fourth-order valence-corrected chi connectivity index (χ4v) is 5.40. The van der Waals surface area contributed by atoms with E-state index in [1.807, 2.05) is 29.2 Å². The number of hydrogen-bond acceptors (Lipinski definition) is 7. The SMILES string of the molecule is CCOC(=O)CSc1cnc(NC(=O)N(CC2CCCC2)c2cccc(NCC(C)C)c2)s1. The molecule has 1 fully saturated rings. The number of anilines is 3. The third kappa shape index (κ3) is 8.23. The first kappa shape index (κ1) is 25.4. The molecule has 1 aromatic carbocycles. The molecule has 0 saturated heterocycles. The van der Waals surface area contributed by atoms with E-state index in [1.165, 1.54) is 35.9 Å². The average molecular weight is 491 g/mol. The van der Waals surface area contributed by atoms with Crippen molar-refractivity contribution >= 4 is 51.6 Å². The zero-order valence-electron chi connectivity index (χ0n) is 19.6. The number of urea groups is 1. The number of thioether (sulfide) groups is 1. The van der Waals surface area contributed by atoms with Crippen LogP contribution in [0, 0.1) is 11.8 Å². The Labute approximate surface area is 204 Å². The molecule has 0 atom stereocenters. The van der Waals surface area contributed by atoms with Crippen molar-refractivity contribution in [2.45, 2.75) is 50.7 Å². The smallest absolute Gasteiger partial charge is 0.328 e. The first-order chi connectivity index (χ1) is 15.9. The van der Waals surface area contributed by atoms with E-state index in [0.717, 1.165) is 35.0 Å². The molecule has 0 spiro atoms. The van der Waals surface area contributed by atoms with Gasteiger partial charge in [0.05, 0.1) is 22.8 Å². The van der Waals surface area contributed by atoms with E-state index in [-0.39, 0.29) is 17.8 Å². The molecule has 0 radical (unpaired) electrons. The fraction of sp³-hybridized carbons (Fsp3) is 0.542. The molecule has 1 aliphatic rings. The van der Waals surface area contributed by atoms with Gasteiger partial charge in [0.15, 0.2) is 5.13 Å². The first-order valence-electron chi connectivity index (χ1n) is 11.6. The van der Waals surface area contributed by atoms with Crippen molar-refractivity contribution in [3.05, 3.63) is 30.5 Å². The molecular formula is C24H34N4O3S2. The van der Waals surface area contributed by atoms with Crippen LogP contribution in [0.25, 0.3) is 0 Å². The molecule has 2 N–H and O–H groups in total. The third-order valence-electron chi connectivity index (χ3n) is 5.37. The number of esters is 1. The molecule has 9 heteroatoms. The minimum absolute atomic E-state index is 0.181. The normalized spacial score (nSPS) is 13.8. The van der Waals surface area contributed by atoms with Crippen molar-refractivity contribution in [2.75, 3.05) is 41.0 Å². The lowest BCUT2D eigenvalue weighted by Gasteiger charge is -2.26. The van der Waals surface area contributed by atoms with E-state index in [2.05, 4.69) is 29.5 Å². The Kier molecular flexibility index (Phi) is 9.87. The van der Waals surface area contributed by atoms with Crippen LogP contribution < -0.4 is 15.5 Å². The molecule has 1 aliphatic carbocycles. The molecule has 0 unspecified atom stereocenters. The second-order valence-corrected chi connectivity index (χ2v) is 10.9. The summed E-state index contributed by atoms with van der Waals surface area (Å²) in [4.78, 5) is 31.1. The van der Waals surface area contributed by atoms with Crippen LogP contribution >= 0.6 is 23.1 Å². The van der Waals surface area contributed by atoms with Crippen molar-refractivity contribution in [1.29, 1.82) is 0 Å². The summed E-state index contributed by atoms with van der Waals surface area (Å²) in [6.07, 6.45) is 6.44. The number of nitrogens with zero attached hydrogens (tertiary/aromatic N) is 2. The lowest BCUT2D eigenvalue weighted by molar-refractivity contribution is -0.139. The molecule has 2 aromatic rings. The van der Waals surface area contributed by atoms with E-state index in [4.69, 9.17) is 4.74 Å². The Hall–Kier alpha value is -2.26. The zero-order chi connectivity index (χ0) is 23.6. The summed E-state index contributed by atoms with van der Waals surface area (Å²) in [5, 5.41) is 6.93. The van der Waals surface area contributed by atoms with Crippen molar-refractivity contribution in [3.8, 4) is 0 Å². The number of nitrogens with one attached hydrogen (secondary N) is 2. The standard InChI is InChI=1S/C24H34N4O3S2/c1-4-31-21(29)16-32-22-14-26-23(33-22)27-24(30)28(15-18-8-5-6-9-18)20-11-7-10-19(12-20)25-13-17(2)3/h7,10-12,14,17-18,25H,4-6,8-9,13,15-16H2,1-3H3,(H,26,27,30). The van der Waals surface area contributed by atoms with Gasteiger partial charge in [0, 0.05) is 24.5 Å². The van der Waals surface area contributed by atoms with Crippen molar-refractivity contribution in [1.82, 2.24) is 4.98 Å². The average Bonchev–Trinajstić information content (AvgIpc) is 3.47. The monoisotopic (exact) mass is 490 g/mol. The van der Waals surface area contributed by atoms with Gasteiger partial charge in [-0.25, -0.2) is 9.78 Å². The van der Waals surface area contributed by atoms with Crippen molar-refractivity contribution in [3.63, 3.8) is 0 Å². The molecule has 0 aliphatic heterocycles. The summed E-state index contributed by atoms with van der Waals surface area (Å²) in [5.41, 5.74) is 1.89. The molecule has 2 amide bonds. The van der Waals surface area contributed by atoms with E-state index >= 15 is 0 Å². The Morgan fingerprint density at radius 3 is 2.82 bits per heavy atom. The quantitative estimate of drug-likeness (QED) is 0.293. The molecule has 1 aromatic heterocycles. The van der Waals surface area contributed by atoms with Gasteiger partial charge < -0.3 is 10.1 Å². The van der Waals surface area contributed by atoms with Gasteiger partial charge in [-0.2, -0.15) is 0 Å². The van der Waals surface area contributed by atoms with Gasteiger partial charge >= 0.3 is 12.0 Å². The fourth-order valence-electron chi connectivity index (χ4n) is 3.74. The molecule has 0 bridgehead atoms. The Balaban J connectivity index is 1.68. The number of aromatic nitrogens is 1. The van der Waals surface area contributed by atoms with Crippen LogP contribution in [-0.4, -0.2) is 42.4 Å². The molecule has 3 rings (SSSR count). The van der Waals surface area contributed by atoms with Gasteiger partial charge in [-0.1, -0.05) is 44.1 Å². The van der Waals surface area contributed by atoms with Crippen LogP contribution in [0.5, 0.6) is 0 Å². The predicted octanol–water partition coefficient (Wildman–Crippen LogP) is 6.09. The lowest BCUT2D eigenvalue weighted by atomic mass is 10.1. The maximum Gasteiger partial charge on any atom is 0.328 e. The molecule has 1 heterocycles. The van der Waals surface area contributed by atoms with Gasteiger partial charge in [0.25, 0.3) is 0 Å². The summed E-state index contributed by atoms with van der Waals surface area (Å²) >= 11 is 2.73. The van der Waals surface area contributed by atoms with Crippen LogP contribution in [0.1, 0.15) is 46.5 Å². The Morgan fingerprint density at radius 1 is 1.30 bits per heavy atom. The van der Waals surface area contributed by atoms with Gasteiger partial charge in [-0.05, 0) is 49.8 Å². The molecule has 1 saturated carbocycles. The maximum absolute atomic E-state index is 13.3. The van der Waals surface area contributed by atoms with Crippen LogP contribution in [0.4, 0.5) is 21.3 Å². The van der Waals surface area contributed by atoms with Gasteiger partial charge in [0.1, 0.15) is 0 Å². The van der Waals surface area contributed by atoms with E-state index in [0.29, 0.717) is 30.1 Å². The summed E-state index contributed by atoms with van der Waals surface area (Å²) < 4.78 is 5.82. The number of benzene rings is 1.